The van der Waals surface area contributed by atoms with Gasteiger partial charge in [-0.25, -0.2) is 4.99 Å². The van der Waals surface area contributed by atoms with Gasteiger partial charge in [0.25, 0.3) is 0 Å². The van der Waals surface area contributed by atoms with Crippen molar-refractivity contribution in [3.63, 3.8) is 0 Å². The number of esters is 1. The summed E-state index contributed by atoms with van der Waals surface area (Å²) in [5.74, 6) is 0.734. The molecule has 0 aromatic heterocycles. The Hall–Kier alpha value is -1.26. The highest BCUT2D eigenvalue weighted by Gasteiger charge is 2.32. The summed E-state index contributed by atoms with van der Waals surface area (Å²) >= 11 is 0. The third-order valence-corrected chi connectivity index (χ3v) is 3.40. The lowest BCUT2D eigenvalue weighted by Crippen LogP contribution is -2.39. The maximum absolute atomic E-state index is 12.0. The molecule has 0 aromatic carbocycles. The summed E-state index contributed by atoms with van der Waals surface area (Å²) in [6, 6.07) is 0.0487. The number of carbonyl (C=O) groups is 1. The third-order valence-electron chi connectivity index (χ3n) is 3.40. The van der Waals surface area contributed by atoms with Gasteiger partial charge in [0.05, 0.1) is 18.6 Å². The van der Waals surface area contributed by atoms with Crippen molar-refractivity contribution in [2.24, 2.45) is 10.9 Å². The maximum Gasteiger partial charge on any atom is 0.311 e. The minimum atomic E-state index is -0.0900. The second-order valence-electron chi connectivity index (χ2n) is 5.43. The van der Waals surface area contributed by atoms with Gasteiger partial charge in [0.1, 0.15) is 0 Å². The summed E-state index contributed by atoms with van der Waals surface area (Å²) in [6.07, 6.45) is 4.09. The van der Waals surface area contributed by atoms with Gasteiger partial charge >= 0.3 is 5.97 Å². The van der Waals surface area contributed by atoms with Crippen molar-refractivity contribution in [2.45, 2.75) is 38.6 Å². The molecule has 0 bridgehead atoms. The van der Waals surface area contributed by atoms with E-state index in [4.69, 9.17) is 9.73 Å². The Balaban J connectivity index is 2.87. The van der Waals surface area contributed by atoms with Gasteiger partial charge in [-0.2, -0.15) is 0 Å². The molecule has 1 saturated carbocycles. The third kappa shape index (κ3) is 4.40. The normalized spacial score (nSPS) is 22.6. The van der Waals surface area contributed by atoms with Crippen molar-refractivity contribution in [1.82, 2.24) is 9.80 Å². The molecule has 19 heavy (non-hydrogen) atoms. The number of aliphatic imine (C=N–C) groups is 1. The van der Waals surface area contributed by atoms with Crippen LogP contribution in [-0.4, -0.2) is 62.6 Å². The second kappa shape index (κ2) is 7.36. The van der Waals surface area contributed by atoms with Gasteiger partial charge in [-0.05, 0) is 19.8 Å². The fourth-order valence-corrected chi connectivity index (χ4v) is 2.57. The molecule has 5 heteroatoms. The molecule has 0 radical (unpaired) electrons. The Morgan fingerprint density at radius 3 is 2.26 bits per heavy atom. The van der Waals surface area contributed by atoms with Gasteiger partial charge in [-0.3, -0.25) is 4.79 Å². The fourth-order valence-electron chi connectivity index (χ4n) is 2.57. The van der Waals surface area contributed by atoms with E-state index in [0.717, 1.165) is 31.6 Å². The number of carbonyl (C=O) groups excluding carboxylic acids is 1. The van der Waals surface area contributed by atoms with Crippen LogP contribution in [0.3, 0.4) is 0 Å². The first-order valence-electron chi connectivity index (χ1n) is 7.06. The van der Waals surface area contributed by atoms with Gasteiger partial charge in [0.2, 0.25) is 0 Å². The minimum absolute atomic E-state index is 0.0487. The Labute approximate surface area is 116 Å². The predicted octanol–water partition coefficient (Wildman–Crippen LogP) is 1.59. The summed E-state index contributed by atoms with van der Waals surface area (Å²) in [4.78, 5) is 20.8. The highest BCUT2D eigenvalue weighted by Crippen LogP contribution is 2.28. The van der Waals surface area contributed by atoms with Crippen molar-refractivity contribution in [3.05, 3.63) is 0 Å². The van der Waals surface area contributed by atoms with Gasteiger partial charge in [0, 0.05) is 28.2 Å². The number of nitrogens with zero attached hydrogens (tertiary/aromatic N) is 3. The lowest BCUT2D eigenvalue weighted by molar-refractivity contribution is -0.149. The first kappa shape index (κ1) is 15.8. The number of hydrogen-bond acceptors (Lipinski definition) is 3. The van der Waals surface area contributed by atoms with Crippen molar-refractivity contribution in [2.75, 3.05) is 34.8 Å². The molecule has 0 aromatic rings. The molecular formula is C14H27N3O2. The van der Waals surface area contributed by atoms with Crippen LogP contribution >= 0.6 is 0 Å². The predicted molar refractivity (Wildman–Crippen MR) is 77.2 cm³/mol. The van der Waals surface area contributed by atoms with Crippen LogP contribution in [0, 0.1) is 5.92 Å². The zero-order valence-corrected chi connectivity index (χ0v) is 12.8. The molecule has 0 spiro atoms. The lowest BCUT2D eigenvalue weighted by Gasteiger charge is -2.30. The molecule has 5 nitrogen and oxygen atoms in total. The van der Waals surface area contributed by atoms with E-state index < -0.39 is 0 Å². The molecule has 2 atom stereocenters. The largest absolute Gasteiger partial charge is 0.466 e. The lowest BCUT2D eigenvalue weighted by atomic mass is 9.85. The highest BCUT2D eigenvalue weighted by molar-refractivity contribution is 5.80. The van der Waals surface area contributed by atoms with Crippen LogP contribution in [0.4, 0.5) is 0 Å². The van der Waals surface area contributed by atoms with Crippen molar-refractivity contribution in [1.29, 1.82) is 0 Å². The molecule has 0 heterocycles. The summed E-state index contributed by atoms with van der Waals surface area (Å²) < 4.78 is 5.18. The van der Waals surface area contributed by atoms with Gasteiger partial charge in [-0.15, -0.1) is 0 Å². The van der Waals surface area contributed by atoms with E-state index in [0.29, 0.717) is 6.61 Å². The fraction of sp³-hybridized carbons (Fsp3) is 0.857. The summed E-state index contributed by atoms with van der Waals surface area (Å²) in [7, 11) is 7.89. The Kier molecular flexibility index (Phi) is 6.12. The van der Waals surface area contributed by atoms with Crippen molar-refractivity contribution in [3.8, 4) is 0 Å². The molecule has 110 valence electrons. The van der Waals surface area contributed by atoms with E-state index >= 15 is 0 Å². The number of hydrogen-bond donors (Lipinski definition) is 0. The van der Waals surface area contributed by atoms with E-state index in [1.165, 1.54) is 0 Å². The van der Waals surface area contributed by atoms with Crippen LogP contribution in [0.1, 0.15) is 32.6 Å². The molecule has 0 amide bonds. The van der Waals surface area contributed by atoms with Gasteiger partial charge < -0.3 is 14.5 Å². The van der Waals surface area contributed by atoms with Crippen LogP contribution in [0.25, 0.3) is 0 Å². The quantitative estimate of drug-likeness (QED) is 0.443. The molecule has 0 unspecified atom stereocenters. The smallest absolute Gasteiger partial charge is 0.311 e. The van der Waals surface area contributed by atoms with E-state index in [2.05, 4.69) is 0 Å². The number of guanidine groups is 1. The molecule has 1 rings (SSSR count). The first-order valence-corrected chi connectivity index (χ1v) is 7.06. The standard InChI is InChI=1S/C14H27N3O2/c1-6-19-13(18)11-9-7-8-10-12(11)15-14(16(2)3)17(4)5/h11-12H,6-10H2,1-5H3/t11-,12+/m0/s1. The van der Waals surface area contributed by atoms with Crippen molar-refractivity contribution < 1.29 is 9.53 Å². The topological polar surface area (TPSA) is 45.1 Å². The molecule has 1 aliphatic rings. The molecular weight excluding hydrogens is 242 g/mol. The van der Waals surface area contributed by atoms with Crippen LogP contribution in [0.2, 0.25) is 0 Å². The molecule has 0 aliphatic heterocycles. The Morgan fingerprint density at radius 2 is 1.74 bits per heavy atom. The number of rotatable bonds is 3. The van der Waals surface area contributed by atoms with Crippen LogP contribution in [0.15, 0.2) is 4.99 Å². The average molecular weight is 269 g/mol. The zero-order valence-electron chi connectivity index (χ0n) is 12.8. The zero-order chi connectivity index (χ0) is 14.4. The number of ether oxygens (including phenoxy) is 1. The molecule has 0 N–H and O–H groups in total. The summed E-state index contributed by atoms with van der Waals surface area (Å²) in [5, 5.41) is 0. The molecule has 1 fully saturated rings. The SMILES string of the molecule is CCOC(=O)[C@H]1CCCC[C@H]1N=C(N(C)C)N(C)C. The summed E-state index contributed by atoms with van der Waals surface area (Å²) in [5.41, 5.74) is 0. The van der Waals surface area contributed by atoms with Gasteiger partial charge in [-0.1, -0.05) is 12.8 Å². The van der Waals surface area contributed by atoms with E-state index in [9.17, 15) is 4.79 Å². The molecule has 1 aliphatic carbocycles. The van der Waals surface area contributed by atoms with Crippen LogP contribution in [-0.2, 0) is 9.53 Å². The van der Waals surface area contributed by atoms with E-state index in [-0.39, 0.29) is 17.9 Å². The first-order chi connectivity index (χ1) is 8.97. The Morgan fingerprint density at radius 1 is 1.16 bits per heavy atom. The van der Waals surface area contributed by atoms with E-state index in [1.807, 2.05) is 44.9 Å². The monoisotopic (exact) mass is 269 g/mol. The Bertz CT molecular complexity index is 317. The van der Waals surface area contributed by atoms with Crippen molar-refractivity contribution >= 4 is 11.9 Å². The highest BCUT2D eigenvalue weighted by atomic mass is 16.5. The molecule has 0 saturated heterocycles. The average Bonchev–Trinajstić information content (AvgIpc) is 2.35. The van der Waals surface area contributed by atoms with E-state index in [1.54, 1.807) is 0 Å². The van der Waals surface area contributed by atoms with Crippen LogP contribution < -0.4 is 0 Å². The van der Waals surface area contributed by atoms with Crippen LogP contribution in [0.5, 0.6) is 0 Å². The summed E-state index contributed by atoms with van der Waals surface area (Å²) in [6.45, 7) is 2.30. The second-order valence-corrected chi connectivity index (χ2v) is 5.43. The van der Waals surface area contributed by atoms with Gasteiger partial charge in [0.15, 0.2) is 5.96 Å². The maximum atomic E-state index is 12.0. The minimum Gasteiger partial charge on any atom is -0.466 e.